The Balaban J connectivity index is 1.57. The highest BCUT2D eigenvalue weighted by atomic mass is 16.2. The standard InChI is InChI=1S/C19H28N4O2/c1-21(2)17-8-4-10-22(13-17)14-18(24)20-15-6-3-7-16(12-15)23-11-5-9-19(23)25/h3,6-7,12,17H,4-5,8-11,13-14H2,1-2H3,(H,20,24). The largest absolute Gasteiger partial charge is 0.325 e. The minimum atomic E-state index is 0.00399. The molecule has 0 aromatic heterocycles. The molecule has 0 radical (unpaired) electrons. The maximum Gasteiger partial charge on any atom is 0.238 e. The van der Waals surface area contributed by atoms with E-state index in [2.05, 4.69) is 29.2 Å². The van der Waals surface area contributed by atoms with Crippen LogP contribution < -0.4 is 10.2 Å². The van der Waals surface area contributed by atoms with Crippen molar-refractivity contribution in [3.05, 3.63) is 24.3 Å². The summed E-state index contributed by atoms with van der Waals surface area (Å²) in [5.41, 5.74) is 1.62. The number of rotatable bonds is 5. The number of amides is 2. The first-order chi connectivity index (χ1) is 12.0. The molecule has 0 aliphatic carbocycles. The molecule has 1 atom stereocenters. The van der Waals surface area contributed by atoms with E-state index in [-0.39, 0.29) is 11.8 Å². The molecule has 0 spiro atoms. The van der Waals surface area contributed by atoms with E-state index in [9.17, 15) is 9.59 Å². The van der Waals surface area contributed by atoms with Gasteiger partial charge in [-0.1, -0.05) is 6.07 Å². The number of hydrogen-bond acceptors (Lipinski definition) is 4. The number of carbonyl (C=O) groups excluding carboxylic acids is 2. The number of benzene rings is 1. The second-order valence-corrected chi connectivity index (χ2v) is 7.24. The van der Waals surface area contributed by atoms with Crippen molar-refractivity contribution in [1.29, 1.82) is 0 Å². The van der Waals surface area contributed by atoms with Crippen LogP contribution in [-0.4, -0.2) is 67.9 Å². The summed E-state index contributed by atoms with van der Waals surface area (Å²) in [6.45, 7) is 3.08. The lowest BCUT2D eigenvalue weighted by atomic mass is 10.1. The van der Waals surface area contributed by atoms with E-state index >= 15 is 0 Å². The van der Waals surface area contributed by atoms with Crippen molar-refractivity contribution in [2.45, 2.75) is 31.7 Å². The van der Waals surface area contributed by atoms with Gasteiger partial charge >= 0.3 is 0 Å². The molecule has 1 N–H and O–H groups in total. The summed E-state index contributed by atoms with van der Waals surface area (Å²) < 4.78 is 0. The van der Waals surface area contributed by atoms with Crippen LogP contribution >= 0.6 is 0 Å². The molecule has 6 heteroatoms. The number of nitrogens with one attached hydrogen (secondary N) is 1. The summed E-state index contributed by atoms with van der Waals surface area (Å²) in [4.78, 5) is 30.5. The smallest absolute Gasteiger partial charge is 0.238 e. The minimum absolute atomic E-state index is 0.00399. The Morgan fingerprint density at radius 2 is 2.12 bits per heavy atom. The molecule has 2 fully saturated rings. The highest BCUT2D eigenvalue weighted by Crippen LogP contribution is 2.24. The van der Waals surface area contributed by atoms with Crippen LogP contribution in [-0.2, 0) is 9.59 Å². The predicted molar refractivity (Wildman–Crippen MR) is 99.8 cm³/mol. The summed E-state index contributed by atoms with van der Waals surface area (Å²) in [5.74, 6) is 0.163. The van der Waals surface area contributed by atoms with Crippen molar-refractivity contribution in [3.8, 4) is 0 Å². The van der Waals surface area contributed by atoms with E-state index in [4.69, 9.17) is 0 Å². The van der Waals surface area contributed by atoms with Gasteiger partial charge in [-0.2, -0.15) is 0 Å². The van der Waals surface area contributed by atoms with Crippen LogP contribution in [0.1, 0.15) is 25.7 Å². The molecule has 2 amide bonds. The molecule has 136 valence electrons. The average Bonchev–Trinajstić information content (AvgIpc) is 3.01. The fourth-order valence-electron chi connectivity index (χ4n) is 3.67. The highest BCUT2D eigenvalue weighted by molar-refractivity contribution is 5.97. The van der Waals surface area contributed by atoms with Crippen LogP contribution in [0.15, 0.2) is 24.3 Å². The van der Waals surface area contributed by atoms with Crippen LogP contribution in [0.2, 0.25) is 0 Å². The first-order valence-electron chi connectivity index (χ1n) is 9.12. The molecule has 1 unspecified atom stereocenters. The molecule has 2 aliphatic heterocycles. The maximum atomic E-state index is 12.4. The van der Waals surface area contributed by atoms with E-state index in [0.29, 0.717) is 19.0 Å². The number of hydrogen-bond donors (Lipinski definition) is 1. The van der Waals surface area contributed by atoms with Crippen LogP contribution in [0.3, 0.4) is 0 Å². The third-order valence-electron chi connectivity index (χ3n) is 5.09. The first-order valence-corrected chi connectivity index (χ1v) is 9.12. The lowest BCUT2D eigenvalue weighted by molar-refractivity contribution is -0.118. The molecule has 2 saturated heterocycles. The number of likely N-dealkylation sites (N-methyl/N-ethyl adjacent to an activating group) is 1. The number of piperidine rings is 1. The van der Waals surface area contributed by atoms with E-state index in [0.717, 1.165) is 43.9 Å². The number of anilines is 2. The predicted octanol–water partition coefficient (Wildman–Crippen LogP) is 1.78. The second kappa shape index (κ2) is 7.97. The lowest BCUT2D eigenvalue weighted by Gasteiger charge is -2.35. The van der Waals surface area contributed by atoms with Crippen molar-refractivity contribution >= 4 is 23.2 Å². The maximum absolute atomic E-state index is 12.4. The SMILES string of the molecule is CN(C)C1CCCN(CC(=O)Nc2cccc(N3CCCC3=O)c2)C1. The van der Waals surface area contributed by atoms with Crippen molar-refractivity contribution in [2.24, 2.45) is 0 Å². The molecular weight excluding hydrogens is 316 g/mol. The topological polar surface area (TPSA) is 55.9 Å². The Labute approximate surface area is 149 Å². The summed E-state index contributed by atoms with van der Waals surface area (Å²) in [5, 5.41) is 2.98. The minimum Gasteiger partial charge on any atom is -0.325 e. The van der Waals surface area contributed by atoms with Crippen molar-refractivity contribution in [1.82, 2.24) is 9.80 Å². The molecule has 0 saturated carbocycles. The van der Waals surface area contributed by atoms with Gasteiger partial charge in [0.1, 0.15) is 0 Å². The van der Waals surface area contributed by atoms with Gasteiger partial charge in [0.05, 0.1) is 6.54 Å². The monoisotopic (exact) mass is 344 g/mol. The molecule has 3 rings (SSSR count). The van der Waals surface area contributed by atoms with E-state index in [1.807, 2.05) is 24.3 Å². The van der Waals surface area contributed by atoms with Gasteiger partial charge < -0.3 is 15.1 Å². The molecule has 2 aliphatic rings. The fourth-order valence-corrected chi connectivity index (χ4v) is 3.67. The van der Waals surface area contributed by atoms with Gasteiger partial charge in [0.2, 0.25) is 11.8 Å². The first kappa shape index (κ1) is 17.9. The Kier molecular flexibility index (Phi) is 5.71. The Hall–Kier alpha value is -1.92. The van der Waals surface area contributed by atoms with E-state index in [1.54, 1.807) is 4.90 Å². The molecule has 1 aromatic rings. The van der Waals surface area contributed by atoms with Gasteiger partial charge in [0.15, 0.2) is 0 Å². The summed E-state index contributed by atoms with van der Waals surface area (Å²) >= 11 is 0. The van der Waals surface area contributed by atoms with E-state index in [1.165, 1.54) is 6.42 Å². The lowest BCUT2D eigenvalue weighted by Crippen LogP contribution is -2.47. The van der Waals surface area contributed by atoms with Crippen molar-refractivity contribution in [3.63, 3.8) is 0 Å². The Morgan fingerprint density at radius 3 is 2.84 bits per heavy atom. The van der Waals surface area contributed by atoms with Gasteiger partial charge in [0, 0.05) is 36.9 Å². The third-order valence-corrected chi connectivity index (χ3v) is 5.09. The van der Waals surface area contributed by atoms with Gasteiger partial charge in [-0.05, 0) is 58.1 Å². The third kappa shape index (κ3) is 4.58. The van der Waals surface area contributed by atoms with Crippen LogP contribution in [0.4, 0.5) is 11.4 Å². The summed E-state index contributed by atoms with van der Waals surface area (Å²) in [7, 11) is 4.19. The second-order valence-electron chi connectivity index (χ2n) is 7.24. The van der Waals surface area contributed by atoms with Gasteiger partial charge in [0.25, 0.3) is 0 Å². The fraction of sp³-hybridized carbons (Fsp3) is 0.579. The normalized spacial score (nSPS) is 21.8. The molecule has 1 aromatic carbocycles. The molecule has 0 bridgehead atoms. The Morgan fingerprint density at radius 1 is 1.28 bits per heavy atom. The van der Waals surface area contributed by atoms with E-state index < -0.39 is 0 Å². The molecule has 2 heterocycles. The van der Waals surface area contributed by atoms with Crippen molar-refractivity contribution < 1.29 is 9.59 Å². The molecular formula is C19H28N4O2. The zero-order valence-corrected chi connectivity index (χ0v) is 15.2. The van der Waals surface area contributed by atoms with Gasteiger partial charge in [-0.25, -0.2) is 0 Å². The number of likely N-dealkylation sites (tertiary alicyclic amines) is 1. The number of carbonyl (C=O) groups is 2. The quantitative estimate of drug-likeness (QED) is 0.885. The zero-order valence-electron chi connectivity index (χ0n) is 15.2. The van der Waals surface area contributed by atoms with Gasteiger partial charge in [-0.3, -0.25) is 14.5 Å². The number of nitrogens with zero attached hydrogens (tertiary/aromatic N) is 3. The van der Waals surface area contributed by atoms with Crippen LogP contribution in [0.25, 0.3) is 0 Å². The zero-order chi connectivity index (χ0) is 17.8. The van der Waals surface area contributed by atoms with Crippen molar-refractivity contribution in [2.75, 3.05) is 50.5 Å². The van der Waals surface area contributed by atoms with Crippen LogP contribution in [0.5, 0.6) is 0 Å². The highest BCUT2D eigenvalue weighted by Gasteiger charge is 2.24. The Bertz CT molecular complexity index is 632. The molecule has 6 nitrogen and oxygen atoms in total. The average molecular weight is 344 g/mol. The summed E-state index contributed by atoms with van der Waals surface area (Å²) in [6, 6.07) is 8.09. The van der Waals surface area contributed by atoms with Crippen LogP contribution in [0, 0.1) is 0 Å². The summed E-state index contributed by atoms with van der Waals surface area (Å²) in [6.07, 6.45) is 3.83. The molecule has 25 heavy (non-hydrogen) atoms. The van der Waals surface area contributed by atoms with Gasteiger partial charge in [-0.15, -0.1) is 0 Å².